The average Bonchev–Trinajstić information content (AvgIpc) is 1.99. The summed E-state index contributed by atoms with van der Waals surface area (Å²) in [7, 11) is 0. The molecule has 0 atom stereocenters. The smallest absolute Gasteiger partial charge is 0.190 e. The monoisotopic (exact) mass is 151 g/mol. The first kappa shape index (κ1) is 8.05. The standard InChI is InChI=1S/C9H13NO/c1-4-9-5-7(2)10(11)8(3)6-9/h5-6H,4H2,1-3H3. The molecule has 0 saturated carbocycles. The summed E-state index contributed by atoms with van der Waals surface area (Å²) in [4.78, 5) is 0. The highest BCUT2D eigenvalue weighted by Crippen LogP contribution is 2.02. The van der Waals surface area contributed by atoms with Gasteiger partial charge in [0.05, 0.1) is 0 Å². The quantitative estimate of drug-likeness (QED) is 0.441. The van der Waals surface area contributed by atoms with Crippen LogP contribution in [0, 0.1) is 19.1 Å². The summed E-state index contributed by atoms with van der Waals surface area (Å²) in [6.45, 7) is 5.75. The Bertz CT molecular complexity index is 245. The zero-order valence-corrected chi connectivity index (χ0v) is 7.22. The molecule has 0 saturated heterocycles. The third kappa shape index (κ3) is 1.50. The van der Waals surface area contributed by atoms with Gasteiger partial charge in [-0.25, -0.2) is 0 Å². The van der Waals surface area contributed by atoms with Crippen LogP contribution in [0.25, 0.3) is 0 Å². The van der Waals surface area contributed by atoms with E-state index in [4.69, 9.17) is 0 Å². The molecule has 60 valence electrons. The van der Waals surface area contributed by atoms with Crippen LogP contribution in [0.5, 0.6) is 0 Å². The van der Waals surface area contributed by atoms with E-state index in [-0.39, 0.29) is 0 Å². The van der Waals surface area contributed by atoms with E-state index in [1.54, 1.807) is 0 Å². The molecule has 1 aromatic rings. The lowest BCUT2D eigenvalue weighted by Gasteiger charge is -2.05. The number of nitrogens with zero attached hydrogens (tertiary/aromatic N) is 1. The molecule has 0 aromatic carbocycles. The summed E-state index contributed by atoms with van der Waals surface area (Å²) in [5.74, 6) is 0. The topological polar surface area (TPSA) is 26.9 Å². The number of pyridine rings is 1. The number of rotatable bonds is 1. The number of hydrogen-bond donors (Lipinski definition) is 0. The zero-order chi connectivity index (χ0) is 8.43. The van der Waals surface area contributed by atoms with Gasteiger partial charge in [-0.15, -0.1) is 0 Å². The average molecular weight is 151 g/mol. The van der Waals surface area contributed by atoms with Gasteiger partial charge in [-0.05, 0) is 12.0 Å². The van der Waals surface area contributed by atoms with Gasteiger partial charge in [-0.3, -0.25) is 0 Å². The van der Waals surface area contributed by atoms with Gasteiger partial charge in [0.15, 0.2) is 11.4 Å². The third-order valence-corrected chi connectivity index (χ3v) is 1.84. The lowest BCUT2D eigenvalue weighted by Crippen LogP contribution is -2.33. The predicted octanol–water partition coefficient (Wildman–Crippen LogP) is 1.50. The molecule has 1 heterocycles. The van der Waals surface area contributed by atoms with Gasteiger partial charge in [-0.1, -0.05) is 6.92 Å². The highest BCUT2D eigenvalue weighted by molar-refractivity contribution is 5.15. The van der Waals surface area contributed by atoms with Crippen LogP contribution in [0.3, 0.4) is 0 Å². The van der Waals surface area contributed by atoms with Gasteiger partial charge < -0.3 is 5.21 Å². The summed E-state index contributed by atoms with van der Waals surface area (Å²) >= 11 is 0. The molecule has 0 aliphatic carbocycles. The molecule has 0 aliphatic heterocycles. The van der Waals surface area contributed by atoms with Crippen molar-refractivity contribution in [1.82, 2.24) is 0 Å². The highest BCUT2D eigenvalue weighted by Gasteiger charge is 2.04. The molecular formula is C9H13NO. The lowest BCUT2D eigenvalue weighted by molar-refractivity contribution is -0.619. The first-order valence-electron chi connectivity index (χ1n) is 3.85. The van der Waals surface area contributed by atoms with E-state index < -0.39 is 0 Å². The van der Waals surface area contributed by atoms with Crippen molar-refractivity contribution in [3.8, 4) is 0 Å². The second-order valence-corrected chi connectivity index (χ2v) is 2.79. The molecule has 0 aliphatic rings. The first-order chi connectivity index (χ1) is 5.15. The van der Waals surface area contributed by atoms with E-state index in [0.29, 0.717) is 0 Å². The van der Waals surface area contributed by atoms with Crippen molar-refractivity contribution < 1.29 is 4.73 Å². The minimum absolute atomic E-state index is 0.779. The predicted molar refractivity (Wildman–Crippen MR) is 44.3 cm³/mol. The molecule has 2 heteroatoms. The van der Waals surface area contributed by atoms with E-state index in [9.17, 15) is 5.21 Å². The fourth-order valence-corrected chi connectivity index (χ4v) is 1.18. The molecule has 0 amide bonds. The molecule has 0 fully saturated rings. The van der Waals surface area contributed by atoms with E-state index in [2.05, 4.69) is 6.92 Å². The minimum Gasteiger partial charge on any atom is -0.618 e. The van der Waals surface area contributed by atoms with Crippen molar-refractivity contribution >= 4 is 0 Å². The van der Waals surface area contributed by atoms with Crippen LogP contribution >= 0.6 is 0 Å². The molecule has 0 unspecified atom stereocenters. The van der Waals surface area contributed by atoms with Crippen molar-refractivity contribution in [3.05, 3.63) is 34.3 Å². The molecule has 11 heavy (non-hydrogen) atoms. The fraction of sp³-hybridized carbons (Fsp3) is 0.444. The third-order valence-electron chi connectivity index (χ3n) is 1.84. The van der Waals surface area contributed by atoms with Gasteiger partial charge in [-0.2, -0.15) is 4.73 Å². The Morgan fingerprint density at radius 2 is 1.73 bits per heavy atom. The van der Waals surface area contributed by atoms with E-state index in [0.717, 1.165) is 22.5 Å². The van der Waals surface area contributed by atoms with Crippen LogP contribution in [0.1, 0.15) is 23.9 Å². The Hall–Kier alpha value is -1.05. The Labute approximate surface area is 67.1 Å². The molecule has 0 bridgehead atoms. The van der Waals surface area contributed by atoms with Gasteiger partial charge in [0.2, 0.25) is 0 Å². The molecular weight excluding hydrogens is 138 g/mol. The molecule has 0 radical (unpaired) electrons. The van der Waals surface area contributed by atoms with E-state index >= 15 is 0 Å². The molecule has 1 rings (SSSR count). The Morgan fingerprint density at radius 1 is 1.27 bits per heavy atom. The summed E-state index contributed by atoms with van der Waals surface area (Å²) < 4.78 is 0.957. The van der Waals surface area contributed by atoms with Crippen LogP contribution in [0.4, 0.5) is 0 Å². The van der Waals surface area contributed by atoms with Gasteiger partial charge in [0.1, 0.15) is 0 Å². The van der Waals surface area contributed by atoms with Crippen molar-refractivity contribution in [3.63, 3.8) is 0 Å². The lowest BCUT2D eigenvalue weighted by atomic mass is 10.1. The Morgan fingerprint density at radius 3 is 2.09 bits per heavy atom. The summed E-state index contributed by atoms with van der Waals surface area (Å²) in [6, 6.07) is 3.86. The van der Waals surface area contributed by atoms with Crippen molar-refractivity contribution in [2.45, 2.75) is 27.2 Å². The molecule has 0 spiro atoms. The molecule has 0 N–H and O–H groups in total. The first-order valence-corrected chi connectivity index (χ1v) is 3.85. The van der Waals surface area contributed by atoms with Gasteiger partial charge in [0.25, 0.3) is 0 Å². The maximum absolute atomic E-state index is 11.2. The highest BCUT2D eigenvalue weighted by atomic mass is 16.5. The summed E-state index contributed by atoms with van der Waals surface area (Å²) in [5.41, 5.74) is 2.79. The second-order valence-electron chi connectivity index (χ2n) is 2.79. The number of aryl methyl sites for hydroxylation is 3. The van der Waals surface area contributed by atoms with Crippen molar-refractivity contribution in [2.24, 2.45) is 0 Å². The number of hydrogen-bond acceptors (Lipinski definition) is 1. The zero-order valence-electron chi connectivity index (χ0n) is 7.22. The fourth-order valence-electron chi connectivity index (χ4n) is 1.18. The van der Waals surface area contributed by atoms with Crippen LogP contribution < -0.4 is 4.73 Å². The van der Waals surface area contributed by atoms with Crippen molar-refractivity contribution in [1.29, 1.82) is 0 Å². The van der Waals surface area contributed by atoms with Crippen LogP contribution in [0.15, 0.2) is 12.1 Å². The maximum Gasteiger partial charge on any atom is 0.190 e. The Kier molecular flexibility index (Phi) is 2.13. The van der Waals surface area contributed by atoms with Crippen LogP contribution in [-0.4, -0.2) is 0 Å². The summed E-state index contributed by atoms with van der Waals surface area (Å²) in [5, 5.41) is 11.2. The summed E-state index contributed by atoms with van der Waals surface area (Å²) in [6.07, 6.45) is 0.989. The Balaban J connectivity index is 3.21. The minimum atomic E-state index is 0.779. The largest absolute Gasteiger partial charge is 0.618 e. The van der Waals surface area contributed by atoms with Gasteiger partial charge >= 0.3 is 0 Å². The molecule has 2 nitrogen and oxygen atoms in total. The SMILES string of the molecule is CCc1cc(C)[n+]([O-])c(C)c1. The van der Waals surface area contributed by atoms with Crippen molar-refractivity contribution in [2.75, 3.05) is 0 Å². The second kappa shape index (κ2) is 2.91. The molecule has 1 aromatic heterocycles. The maximum atomic E-state index is 11.2. The van der Waals surface area contributed by atoms with Crippen LogP contribution in [-0.2, 0) is 6.42 Å². The van der Waals surface area contributed by atoms with E-state index in [1.807, 2.05) is 26.0 Å². The van der Waals surface area contributed by atoms with Gasteiger partial charge in [0, 0.05) is 26.0 Å². The van der Waals surface area contributed by atoms with Crippen LogP contribution in [0.2, 0.25) is 0 Å². The normalized spacial score (nSPS) is 10.1. The number of aromatic nitrogens is 1. The van der Waals surface area contributed by atoms with E-state index in [1.165, 1.54) is 5.56 Å².